The molecule has 3 heterocycles. The molecule has 2 saturated heterocycles. The largest absolute Gasteiger partial charge is 0.390 e. The molecule has 0 spiro atoms. The summed E-state index contributed by atoms with van der Waals surface area (Å²) < 4.78 is 0. The van der Waals surface area contributed by atoms with Crippen LogP contribution in [-0.4, -0.2) is 76.3 Å². The summed E-state index contributed by atoms with van der Waals surface area (Å²) in [5.74, 6) is 0.877. The number of hydrogen-bond donors (Lipinski definition) is 1. The first-order chi connectivity index (χ1) is 15.7. The Morgan fingerprint density at radius 3 is 2.41 bits per heavy atom. The summed E-state index contributed by atoms with van der Waals surface area (Å²) in [4.78, 5) is 16.0. The molecule has 2 fully saturated rings. The van der Waals surface area contributed by atoms with Crippen molar-refractivity contribution in [1.82, 2.24) is 19.8 Å². The molecule has 0 amide bonds. The molecule has 0 saturated carbocycles. The van der Waals surface area contributed by atoms with Gasteiger partial charge in [-0.15, -0.1) is 0 Å². The van der Waals surface area contributed by atoms with Crippen LogP contribution in [0.3, 0.4) is 0 Å². The Bertz CT molecular complexity index is 1020. The summed E-state index contributed by atoms with van der Waals surface area (Å²) in [7, 11) is 0. The van der Waals surface area contributed by atoms with Gasteiger partial charge in [0.15, 0.2) is 0 Å². The highest BCUT2D eigenvalue weighted by atomic mass is 35.5. The number of aliphatic hydroxyl groups excluding tert-OH is 1. The van der Waals surface area contributed by atoms with Crippen molar-refractivity contribution in [3.63, 3.8) is 0 Å². The van der Waals surface area contributed by atoms with Gasteiger partial charge in [-0.3, -0.25) is 9.80 Å². The van der Waals surface area contributed by atoms with Crippen molar-refractivity contribution in [2.75, 3.05) is 44.2 Å². The minimum atomic E-state index is -0.382. The maximum absolute atomic E-state index is 10.8. The van der Waals surface area contributed by atoms with Gasteiger partial charge in [-0.2, -0.15) is 0 Å². The summed E-state index contributed by atoms with van der Waals surface area (Å²) in [5, 5.41) is 11.6. The topological polar surface area (TPSA) is 55.7 Å². The number of benzene rings is 2. The zero-order valence-electron chi connectivity index (χ0n) is 18.0. The molecule has 0 unspecified atom stereocenters. The summed E-state index contributed by atoms with van der Waals surface area (Å²) >= 11 is 6.00. The number of hydrogen-bond acceptors (Lipinski definition) is 6. The van der Waals surface area contributed by atoms with Gasteiger partial charge in [0.1, 0.15) is 12.1 Å². The number of anilines is 1. The van der Waals surface area contributed by atoms with Crippen LogP contribution in [-0.2, 0) is 6.54 Å². The summed E-state index contributed by atoms with van der Waals surface area (Å²) in [6, 6.07) is 20.4. The van der Waals surface area contributed by atoms with E-state index in [9.17, 15) is 5.11 Å². The normalized spacial score (nSPS) is 22.4. The van der Waals surface area contributed by atoms with E-state index >= 15 is 0 Å². The van der Waals surface area contributed by atoms with E-state index < -0.39 is 0 Å². The lowest BCUT2D eigenvalue weighted by Crippen LogP contribution is -2.53. The molecule has 7 heteroatoms. The monoisotopic (exact) mass is 449 g/mol. The van der Waals surface area contributed by atoms with E-state index in [2.05, 4.69) is 48.9 Å². The van der Waals surface area contributed by atoms with Crippen molar-refractivity contribution in [2.24, 2.45) is 0 Å². The average molecular weight is 450 g/mol. The van der Waals surface area contributed by atoms with Gasteiger partial charge in [0.05, 0.1) is 17.8 Å². The molecule has 2 atom stereocenters. The van der Waals surface area contributed by atoms with E-state index in [0.717, 1.165) is 61.4 Å². The number of piperazine rings is 1. The van der Waals surface area contributed by atoms with Crippen molar-refractivity contribution in [2.45, 2.75) is 18.7 Å². The fraction of sp³-hybridized carbons (Fsp3) is 0.360. The molecule has 0 radical (unpaired) electrons. The molecule has 0 aliphatic carbocycles. The number of aliphatic hydroxyl groups is 1. The SMILES string of the molecule is O[C@@H]1CN(c2cc(-c3ccccc3)ncn2)C[C@H]1N1CCN(Cc2ccc(Cl)cc2)CC1. The molecule has 3 aromatic rings. The lowest BCUT2D eigenvalue weighted by molar-refractivity contribution is 0.0424. The van der Waals surface area contributed by atoms with Gasteiger partial charge >= 0.3 is 0 Å². The Kier molecular flexibility index (Phi) is 6.37. The van der Waals surface area contributed by atoms with Gasteiger partial charge in [-0.1, -0.05) is 54.1 Å². The lowest BCUT2D eigenvalue weighted by Gasteiger charge is -2.38. The number of halogens is 1. The van der Waals surface area contributed by atoms with Gasteiger partial charge in [0, 0.05) is 62.5 Å². The molecular formula is C25H28ClN5O. The molecule has 2 aliphatic rings. The third-order valence-electron chi connectivity index (χ3n) is 6.50. The maximum Gasteiger partial charge on any atom is 0.132 e. The molecule has 5 rings (SSSR count). The van der Waals surface area contributed by atoms with E-state index in [4.69, 9.17) is 11.6 Å². The smallest absolute Gasteiger partial charge is 0.132 e. The minimum absolute atomic E-state index is 0.128. The molecular weight excluding hydrogens is 422 g/mol. The highest BCUT2D eigenvalue weighted by Crippen LogP contribution is 2.26. The van der Waals surface area contributed by atoms with Crippen LogP contribution in [0, 0.1) is 0 Å². The number of rotatable bonds is 5. The Hall–Kier alpha value is -2.51. The Morgan fingerprint density at radius 2 is 1.66 bits per heavy atom. The van der Waals surface area contributed by atoms with Gasteiger partial charge in [0.25, 0.3) is 0 Å². The van der Waals surface area contributed by atoms with E-state index in [0.29, 0.717) is 6.54 Å². The highest BCUT2D eigenvalue weighted by molar-refractivity contribution is 6.30. The summed E-state index contributed by atoms with van der Waals surface area (Å²) in [6.45, 7) is 6.23. The van der Waals surface area contributed by atoms with Crippen molar-refractivity contribution >= 4 is 17.4 Å². The molecule has 32 heavy (non-hydrogen) atoms. The molecule has 1 N–H and O–H groups in total. The molecule has 166 valence electrons. The standard InChI is InChI=1S/C25H28ClN5O/c26-21-8-6-19(7-9-21)15-29-10-12-30(13-11-29)23-16-31(17-24(23)32)25-14-22(27-18-28-25)20-4-2-1-3-5-20/h1-9,14,18,23-24,32H,10-13,15-17H2/t23-,24-/m1/s1. The molecule has 6 nitrogen and oxygen atoms in total. The van der Waals surface area contributed by atoms with Crippen LogP contribution in [0.1, 0.15) is 5.56 Å². The predicted octanol–water partition coefficient (Wildman–Crippen LogP) is 3.16. The number of β-amino-alcohol motifs (C(OH)–C–C–N with tert-alkyl or cyclic N) is 1. The quantitative estimate of drug-likeness (QED) is 0.645. The number of nitrogens with zero attached hydrogens (tertiary/aromatic N) is 5. The maximum atomic E-state index is 10.8. The average Bonchev–Trinajstić information content (AvgIpc) is 3.23. The zero-order valence-corrected chi connectivity index (χ0v) is 18.8. The Labute approximate surface area is 194 Å². The van der Waals surface area contributed by atoms with Gasteiger partial charge in [-0.05, 0) is 17.7 Å². The van der Waals surface area contributed by atoms with Crippen molar-refractivity contribution in [1.29, 1.82) is 0 Å². The van der Waals surface area contributed by atoms with Crippen LogP contribution < -0.4 is 4.90 Å². The molecule has 2 aliphatic heterocycles. The molecule has 2 aromatic carbocycles. The third-order valence-corrected chi connectivity index (χ3v) is 6.75. The van der Waals surface area contributed by atoms with Gasteiger partial charge in [-0.25, -0.2) is 9.97 Å². The first-order valence-corrected chi connectivity index (χ1v) is 11.5. The van der Waals surface area contributed by atoms with Gasteiger partial charge in [0.2, 0.25) is 0 Å². The fourth-order valence-electron chi connectivity index (χ4n) is 4.70. The highest BCUT2D eigenvalue weighted by Gasteiger charge is 2.37. The molecule has 1 aromatic heterocycles. The third kappa shape index (κ3) is 4.79. The predicted molar refractivity (Wildman–Crippen MR) is 128 cm³/mol. The number of aromatic nitrogens is 2. The van der Waals surface area contributed by atoms with Crippen LogP contribution in [0.5, 0.6) is 0 Å². The lowest BCUT2D eigenvalue weighted by atomic mass is 10.1. The van der Waals surface area contributed by atoms with Crippen molar-refractivity contribution in [3.05, 3.63) is 77.6 Å². The van der Waals surface area contributed by atoms with Crippen LogP contribution in [0.15, 0.2) is 67.0 Å². The minimum Gasteiger partial charge on any atom is -0.390 e. The first kappa shape index (κ1) is 21.3. The van der Waals surface area contributed by atoms with Gasteiger partial charge < -0.3 is 10.0 Å². The zero-order chi connectivity index (χ0) is 21.9. The summed E-state index contributed by atoms with van der Waals surface area (Å²) in [5.41, 5.74) is 3.27. The van der Waals surface area contributed by atoms with Crippen molar-refractivity contribution in [3.8, 4) is 11.3 Å². The summed E-state index contributed by atoms with van der Waals surface area (Å²) in [6.07, 6.45) is 1.24. The Morgan fingerprint density at radius 1 is 0.906 bits per heavy atom. The Balaban J connectivity index is 1.19. The van der Waals surface area contributed by atoms with E-state index in [1.165, 1.54) is 5.56 Å². The fourth-order valence-corrected chi connectivity index (χ4v) is 4.83. The second-order valence-corrected chi connectivity index (χ2v) is 9.04. The second-order valence-electron chi connectivity index (χ2n) is 8.61. The van der Waals surface area contributed by atoms with E-state index in [1.807, 2.05) is 36.4 Å². The van der Waals surface area contributed by atoms with Crippen LogP contribution >= 0.6 is 11.6 Å². The molecule has 0 bridgehead atoms. The van der Waals surface area contributed by atoms with E-state index in [-0.39, 0.29) is 12.1 Å². The van der Waals surface area contributed by atoms with Crippen LogP contribution in [0.2, 0.25) is 5.02 Å². The van der Waals surface area contributed by atoms with Crippen molar-refractivity contribution < 1.29 is 5.11 Å². The van der Waals surface area contributed by atoms with E-state index in [1.54, 1.807) is 6.33 Å². The second kappa shape index (κ2) is 9.55. The van der Waals surface area contributed by atoms with Crippen LogP contribution in [0.4, 0.5) is 5.82 Å². The van der Waals surface area contributed by atoms with Crippen LogP contribution in [0.25, 0.3) is 11.3 Å². The first-order valence-electron chi connectivity index (χ1n) is 11.2.